The molecule has 12 heavy (non-hydrogen) atoms. The molecule has 66 valence electrons. The lowest BCUT2D eigenvalue weighted by molar-refractivity contribution is -0.429. The van der Waals surface area contributed by atoms with E-state index in [1.807, 2.05) is 0 Å². The molecule has 0 radical (unpaired) electrons. The first-order chi connectivity index (χ1) is 5.66. The molecule has 0 unspecified atom stereocenters. The van der Waals surface area contributed by atoms with Crippen LogP contribution in [0.5, 0.6) is 0 Å². The fraction of sp³-hybridized carbons (Fsp3) is 0.500. The molecular formula is C6H9N3O3. The molecule has 0 saturated carbocycles. The highest BCUT2D eigenvalue weighted by Gasteiger charge is 2.24. The minimum Gasteiger partial charge on any atom is -0.411 e. The van der Waals surface area contributed by atoms with E-state index in [1.165, 1.54) is 0 Å². The van der Waals surface area contributed by atoms with Crippen LogP contribution in [0.15, 0.2) is 16.5 Å². The van der Waals surface area contributed by atoms with Crippen molar-refractivity contribution in [3.8, 4) is 0 Å². The summed E-state index contributed by atoms with van der Waals surface area (Å²) in [7, 11) is 0. The van der Waals surface area contributed by atoms with Gasteiger partial charge in [0.05, 0.1) is 4.92 Å². The molecule has 0 bridgehead atoms. The summed E-state index contributed by atoms with van der Waals surface area (Å²) < 4.78 is 0. The molecule has 3 N–H and O–H groups in total. The summed E-state index contributed by atoms with van der Waals surface area (Å²) in [4.78, 5) is 9.83. The summed E-state index contributed by atoms with van der Waals surface area (Å²) in [5.41, 5.74) is 5.56. The highest BCUT2D eigenvalue weighted by Crippen LogP contribution is 2.19. The number of allylic oxidation sites excluding steroid dienone is 2. The van der Waals surface area contributed by atoms with E-state index in [1.54, 1.807) is 0 Å². The van der Waals surface area contributed by atoms with Gasteiger partial charge in [-0.1, -0.05) is 5.16 Å². The number of oxime groups is 1. The highest BCUT2D eigenvalue weighted by atomic mass is 16.6. The van der Waals surface area contributed by atoms with Crippen molar-refractivity contribution in [3.63, 3.8) is 0 Å². The van der Waals surface area contributed by atoms with Gasteiger partial charge in [-0.15, -0.1) is 0 Å². The number of hydrogen-bond acceptors (Lipinski definition) is 5. The zero-order chi connectivity index (χ0) is 9.14. The van der Waals surface area contributed by atoms with E-state index in [4.69, 9.17) is 10.9 Å². The largest absolute Gasteiger partial charge is 0.411 e. The van der Waals surface area contributed by atoms with Gasteiger partial charge in [-0.05, 0) is 12.8 Å². The summed E-state index contributed by atoms with van der Waals surface area (Å²) in [6.07, 6.45) is 1.45. The Bertz CT molecular complexity index is 269. The van der Waals surface area contributed by atoms with Crippen LogP contribution in [-0.2, 0) is 0 Å². The summed E-state index contributed by atoms with van der Waals surface area (Å²) in [5.74, 6) is 0. The van der Waals surface area contributed by atoms with Crippen molar-refractivity contribution in [2.75, 3.05) is 0 Å². The maximum absolute atomic E-state index is 10.4. The Morgan fingerprint density at radius 3 is 2.75 bits per heavy atom. The number of nitrogens with two attached hydrogens (primary N) is 1. The lowest BCUT2D eigenvalue weighted by atomic mass is 10.0. The first-order valence-corrected chi connectivity index (χ1v) is 3.51. The van der Waals surface area contributed by atoms with Crippen molar-refractivity contribution in [1.82, 2.24) is 0 Å². The number of nitrogens with zero attached hydrogens (tertiary/aromatic N) is 2. The van der Waals surface area contributed by atoms with E-state index >= 15 is 0 Å². The van der Waals surface area contributed by atoms with Crippen LogP contribution in [0.4, 0.5) is 0 Å². The molecular weight excluding hydrogens is 162 g/mol. The van der Waals surface area contributed by atoms with E-state index in [2.05, 4.69) is 5.16 Å². The van der Waals surface area contributed by atoms with Gasteiger partial charge < -0.3 is 10.9 Å². The zero-order valence-corrected chi connectivity index (χ0v) is 6.36. The minimum atomic E-state index is -0.528. The number of nitro groups is 1. The van der Waals surface area contributed by atoms with Gasteiger partial charge in [0.15, 0.2) is 0 Å². The molecule has 0 aromatic carbocycles. The van der Waals surface area contributed by atoms with Gasteiger partial charge in [-0.2, -0.15) is 0 Å². The highest BCUT2D eigenvalue weighted by molar-refractivity contribution is 5.99. The molecule has 6 heteroatoms. The van der Waals surface area contributed by atoms with Gasteiger partial charge in [0.1, 0.15) is 11.4 Å². The molecule has 0 amide bonds. The summed E-state index contributed by atoms with van der Waals surface area (Å²) >= 11 is 0. The van der Waals surface area contributed by atoms with Crippen LogP contribution >= 0.6 is 0 Å². The van der Waals surface area contributed by atoms with Crippen molar-refractivity contribution < 1.29 is 10.1 Å². The molecule has 0 saturated heterocycles. The van der Waals surface area contributed by atoms with Gasteiger partial charge >= 0.3 is 0 Å². The van der Waals surface area contributed by atoms with Gasteiger partial charge in [-0.25, -0.2) is 0 Å². The Morgan fingerprint density at radius 1 is 1.58 bits per heavy atom. The van der Waals surface area contributed by atoms with Crippen LogP contribution in [0, 0.1) is 10.1 Å². The van der Waals surface area contributed by atoms with E-state index in [0.717, 1.165) is 0 Å². The van der Waals surface area contributed by atoms with Crippen LogP contribution in [0.3, 0.4) is 0 Å². The first-order valence-electron chi connectivity index (χ1n) is 3.51. The van der Waals surface area contributed by atoms with Crippen molar-refractivity contribution >= 4 is 5.71 Å². The lowest BCUT2D eigenvalue weighted by Crippen LogP contribution is -2.22. The average molecular weight is 171 g/mol. The van der Waals surface area contributed by atoms with Gasteiger partial charge in [0, 0.05) is 6.42 Å². The lowest BCUT2D eigenvalue weighted by Gasteiger charge is -2.10. The normalized spacial score (nSPS) is 21.5. The topological polar surface area (TPSA) is 102 Å². The fourth-order valence-electron chi connectivity index (χ4n) is 1.15. The Kier molecular flexibility index (Phi) is 2.27. The maximum Gasteiger partial charge on any atom is 0.270 e. The van der Waals surface area contributed by atoms with Crippen LogP contribution in [0.2, 0.25) is 0 Å². The molecule has 0 fully saturated rings. The minimum absolute atomic E-state index is 0.00810. The summed E-state index contributed by atoms with van der Waals surface area (Å²) in [6.45, 7) is 0. The first kappa shape index (κ1) is 8.51. The monoisotopic (exact) mass is 171 g/mol. The maximum atomic E-state index is 10.4. The van der Waals surface area contributed by atoms with Crippen molar-refractivity contribution in [2.24, 2.45) is 10.9 Å². The van der Waals surface area contributed by atoms with E-state index < -0.39 is 4.92 Å². The molecule has 1 aliphatic carbocycles. The molecule has 1 aliphatic rings. The van der Waals surface area contributed by atoms with Crippen molar-refractivity contribution in [2.45, 2.75) is 19.3 Å². The average Bonchev–Trinajstić information content (AvgIpc) is 2.04. The van der Waals surface area contributed by atoms with E-state index in [-0.39, 0.29) is 17.1 Å². The third-order valence-electron chi connectivity index (χ3n) is 1.79. The predicted octanol–water partition coefficient (Wildman–Crippen LogP) is 0.448. The molecule has 6 nitrogen and oxygen atoms in total. The molecule has 0 aliphatic heterocycles. The molecule has 0 spiro atoms. The fourth-order valence-corrected chi connectivity index (χ4v) is 1.15. The third kappa shape index (κ3) is 1.36. The summed E-state index contributed by atoms with van der Waals surface area (Å²) in [5, 5.41) is 21.7. The molecule has 1 rings (SSSR count). The third-order valence-corrected chi connectivity index (χ3v) is 1.79. The Hall–Kier alpha value is -1.59. The Balaban J connectivity index is 3.03. The van der Waals surface area contributed by atoms with E-state index in [9.17, 15) is 10.1 Å². The SMILES string of the molecule is NC1=C([N+](=O)[O-])CCCC1=NO. The van der Waals surface area contributed by atoms with E-state index in [0.29, 0.717) is 19.3 Å². The van der Waals surface area contributed by atoms with Crippen LogP contribution in [0.25, 0.3) is 0 Å². The second-order valence-corrected chi connectivity index (χ2v) is 2.52. The Morgan fingerprint density at radius 2 is 2.25 bits per heavy atom. The quantitative estimate of drug-likeness (QED) is 0.339. The molecule has 0 atom stereocenters. The van der Waals surface area contributed by atoms with Crippen LogP contribution < -0.4 is 5.73 Å². The number of hydrogen-bond donors (Lipinski definition) is 2. The second kappa shape index (κ2) is 3.21. The van der Waals surface area contributed by atoms with Crippen LogP contribution in [0.1, 0.15) is 19.3 Å². The number of rotatable bonds is 1. The van der Waals surface area contributed by atoms with Gasteiger partial charge in [0.2, 0.25) is 0 Å². The van der Waals surface area contributed by atoms with Gasteiger partial charge in [-0.3, -0.25) is 10.1 Å². The van der Waals surface area contributed by atoms with Crippen molar-refractivity contribution in [1.29, 1.82) is 0 Å². The predicted molar refractivity (Wildman–Crippen MR) is 41.3 cm³/mol. The second-order valence-electron chi connectivity index (χ2n) is 2.52. The molecule has 0 aromatic heterocycles. The van der Waals surface area contributed by atoms with Crippen molar-refractivity contribution in [3.05, 3.63) is 21.5 Å². The molecule has 0 heterocycles. The standard InChI is InChI=1S/C6H9N3O3/c7-6-4(8-10)2-1-3-5(6)9(11)12/h10H,1-3,7H2. The van der Waals surface area contributed by atoms with Crippen LogP contribution in [-0.4, -0.2) is 15.8 Å². The molecule has 0 aromatic rings. The zero-order valence-electron chi connectivity index (χ0n) is 6.36. The summed E-state index contributed by atoms with van der Waals surface area (Å²) in [6, 6.07) is 0. The Labute approximate surface area is 68.5 Å². The smallest absolute Gasteiger partial charge is 0.270 e. The van der Waals surface area contributed by atoms with Gasteiger partial charge in [0.25, 0.3) is 5.70 Å².